The highest BCUT2D eigenvalue weighted by Crippen LogP contribution is 2.30. The van der Waals surface area contributed by atoms with E-state index < -0.39 is 25.6 Å². The third kappa shape index (κ3) is 7.07. The molecule has 146 valence electrons. The van der Waals surface area contributed by atoms with Crippen LogP contribution in [0.5, 0.6) is 0 Å². The van der Waals surface area contributed by atoms with Crippen molar-refractivity contribution in [2.75, 3.05) is 30.9 Å². The van der Waals surface area contributed by atoms with Gasteiger partial charge >= 0.3 is 12.1 Å². The summed E-state index contributed by atoms with van der Waals surface area (Å²) in [6, 6.07) is 6.51. The number of amides is 1. The molecule has 0 spiro atoms. The van der Waals surface area contributed by atoms with Crippen molar-refractivity contribution in [3.8, 4) is 0 Å². The molecule has 0 bridgehead atoms. The van der Waals surface area contributed by atoms with Crippen LogP contribution in [0.1, 0.15) is 19.4 Å². The Kier molecular flexibility index (Phi) is 7.26. The van der Waals surface area contributed by atoms with E-state index in [-0.39, 0.29) is 0 Å². The Morgan fingerprint density at radius 3 is 2.35 bits per heavy atom. The second kappa shape index (κ2) is 8.57. The first-order chi connectivity index (χ1) is 11.8. The van der Waals surface area contributed by atoms with E-state index in [4.69, 9.17) is 4.74 Å². The van der Waals surface area contributed by atoms with Gasteiger partial charge in [0.1, 0.15) is 0 Å². The van der Waals surface area contributed by atoms with Gasteiger partial charge in [0.25, 0.3) is 0 Å². The van der Waals surface area contributed by atoms with Gasteiger partial charge in [0.15, 0.2) is 0 Å². The van der Waals surface area contributed by atoms with Crippen LogP contribution >= 0.6 is 0 Å². The third-order valence-corrected chi connectivity index (χ3v) is 5.85. The van der Waals surface area contributed by atoms with Gasteiger partial charge in [0.2, 0.25) is 0 Å². The van der Waals surface area contributed by atoms with E-state index in [9.17, 15) is 14.7 Å². The fraction of sp³-hybridized carbons (Fsp3) is 0.579. The van der Waals surface area contributed by atoms with E-state index in [1.165, 1.54) is 0 Å². The summed E-state index contributed by atoms with van der Waals surface area (Å²) in [5.41, 5.74) is 1.34. The van der Waals surface area contributed by atoms with Crippen LogP contribution in [0, 0.1) is 5.41 Å². The van der Waals surface area contributed by atoms with Gasteiger partial charge in [-0.2, -0.15) is 0 Å². The molecule has 0 aliphatic heterocycles. The number of carboxylic acid groups (broad SMARTS) is 1. The van der Waals surface area contributed by atoms with Gasteiger partial charge in [-0.1, -0.05) is 25.7 Å². The Morgan fingerprint density at radius 1 is 1.23 bits per heavy atom. The molecule has 0 atom stereocenters. The molecule has 26 heavy (non-hydrogen) atoms. The minimum Gasteiger partial charge on any atom is -0.481 e. The van der Waals surface area contributed by atoms with Gasteiger partial charge in [-0.05, 0) is 44.0 Å². The highest BCUT2D eigenvalue weighted by Gasteiger charge is 2.28. The number of carboxylic acids is 1. The van der Waals surface area contributed by atoms with Crippen LogP contribution in [-0.2, 0) is 16.0 Å². The smallest absolute Gasteiger partial charge is 0.411 e. The molecule has 0 saturated carbocycles. The van der Waals surface area contributed by atoms with E-state index in [2.05, 4.69) is 25.0 Å². The van der Waals surface area contributed by atoms with Crippen molar-refractivity contribution in [3.63, 3.8) is 0 Å². The molecule has 1 rings (SSSR count). The third-order valence-electron chi connectivity index (χ3n) is 4.14. The van der Waals surface area contributed by atoms with Gasteiger partial charge < -0.3 is 14.7 Å². The molecule has 0 aliphatic carbocycles. The number of nitrogens with zero attached hydrogens (tertiary/aromatic N) is 1. The van der Waals surface area contributed by atoms with Crippen molar-refractivity contribution in [2.45, 2.75) is 46.0 Å². The number of hydrogen-bond donors (Lipinski definition) is 2. The van der Waals surface area contributed by atoms with Crippen LogP contribution in [-0.4, -0.2) is 45.9 Å². The summed E-state index contributed by atoms with van der Waals surface area (Å²) in [6.07, 6.45) is -0.200. The highest BCUT2D eigenvalue weighted by atomic mass is 28.3. The summed E-state index contributed by atoms with van der Waals surface area (Å²) in [6.45, 7) is 10.4. The number of carbonyl (C=O) groups excluding carboxylic acids is 1. The lowest BCUT2D eigenvalue weighted by Crippen LogP contribution is -2.27. The number of benzene rings is 1. The van der Waals surface area contributed by atoms with Gasteiger partial charge in [0, 0.05) is 33.5 Å². The molecular weight excluding hydrogens is 348 g/mol. The molecule has 0 fully saturated rings. The Bertz CT molecular complexity index is 651. The number of hydrogen-bond acceptors (Lipinski definition) is 4. The molecular formula is C19H32N2O4Si. The van der Waals surface area contributed by atoms with E-state index in [1.54, 1.807) is 13.8 Å². The van der Waals surface area contributed by atoms with E-state index in [0.29, 0.717) is 18.7 Å². The molecule has 1 aromatic rings. The first-order valence-electron chi connectivity index (χ1n) is 8.79. The fourth-order valence-corrected chi connectivity index (χ4v) is 2.98. The van der Waals surface area contributed by atoms with Crippen LogP contribution in [0.25, 0.3) is 0 Å². The average molecular weight is 381 g/mol. The Morgan fingerprint density at radius 2 is 1.85 bits per heavy atom. The first kappa shape index (κ1) is 22.0. The second-order valence-corrected chi connectivity index (χ2v) is 14.3. The van der Waals surface area contributed by atoms with Crippen molar-refractivity contribution in [2.24, 2.45) is 5.41 Å². The average Bonchev–Trinajstić information content (AvgIpc) is 2.47. The second-order valence-electron chi connectivity index (χ2n) is 8.67. The predicted molar refractivity (Wildman–Crippen MR) is 109 cm³/mol. The molecule has 6 nitrogen and oxygen atoms in total. The van der Waals surface area contributed by atoms with E-state index in [0.717, 1.165) is 17.3 Å². The van der Waals surface area contributed by atoms with Crippen molar-refractivity contribution in [3.05, 3.63) is 23.8 Å². The number of nitrogens with one attached hydrogen (secondary N) is 1. The van der Waals surface area contributed by atoms with Crippen LogP contribution < -0.4 is 10.2 Å². The number of anilines is 2. The van der Waals surface area contributed by atoms with Crippen LogP contribution in [0.15, 0.2) is 18.2 Å². The highest BCUT2D eigenvalue weighted by molar-refractivity contribution is 6.76. The van der Waals surface area contributed by atoms with Crippen molar-refractivity contribution in [1.29, 1.82) is 0 Å². The molecule has 1 amide bonds. The van der Waals surface area contributed by atoms with Crippen LogP contribution in [0.4, 0.5) is 16.2 Å². The zero-order valence-electron chi connectivity index (χ0n) is 17.0. The number of carbonyl (C=O) groups is 2. The SMILES string of the molecule is CN(C)c1ccc(CC(C)(C)C(=O)O)c(NC(=O)OCC[Si](C)(C)C)c1. The lowest BCUT2D eigenvalue weighted by molar-refractivity contribution is -0.146. The van der Waals surface area contributed by atoms with Gasteiger partial charge in [-0.3, -0.25) is 10.1 Å². The van der Waals surface area contributed by atoms with Crippen LogP contribution in [0.2, 0.25) is 25.7 Å². The lowest BCUT2D eigenvalue weighted by atomic mass is 9.85. The minimum absolute atomic E-state index is 0.306. The topological polar surface area (TPSA) is 78.9 Å². The van der Waals surface area contributed by atoms with E-state index >= 15 is 0 Å². The summed E-state index contributed by atoms with van der Waals surface area (Å²) in [5, 5.41) is 12.2. The molecule has 0 aromatic heterocycles. The van der Waals surface area contributed by atoms with Crippen LogP contribution in [0.3, 0.4) is 0 Å². The fourth-order valence-electron chi connectivity index (χ4n) is 2.26. The van der Waals surface area contributed by atoms with Gasteiger partial charge in [0.05, 0.1) is 12.0 Å². The number of rotatable bonds is 8. The van der Waals surface area contributed by atoms with Crippen molar-refractivity contribution >= 4 is 31.5 Å². The normalized spacial score (nSPS) is 11.8. The Labute approximate surface area is 157 Å². The summed E-state index contributed by atoms with van der Waals surface area (Å²) >= 11 is 0. The summed E-state index contributed by atoms with van der Waals surface area (Å²) in [7, 11) is 2.55. The molecule has 2 N–H and O–H groups in total. The number of ether oxygens (including phenoxy) is 1. The summed E-state index contributed by atoms with van der Waals surface area (Å²) in [5.74, 6) is -0.877. The molecule has 1 aromatic carbocycles. The zero-order chi connectivity index (χ0) is 20.1. The predicted octanol–water partition coefficient (Wildman–Crippen LogP) is 4.29. The Balaban J connectivity index is 2.96. The van der Waals surface area contributed by atoms with E-state index in [1.807, 2.05) is 37.2 Å². The molecule has 0 saturated heterocycles. The maximum absolute atomic E-state index is 12.2. The zero-order valence-corrected chi connectivity index (χ0v) is 18.0. The molecule has 7 heteroatoms. The number of aliphatic carboxylic acids is 1. The maximum Gasteiger partial charge on any atom is 0.411 e. The molecule has 0 aliphatic rings. The van der Waals surface area contributed by atoms with Crippen molar-refractivity contribution < 1.29 is 19.4 Å². The Hall–Kier alpha value is -2.02. The molecule has 0 radical (unpaired) electrons. The van der Waals surface area contributed by atoms with Gasteiger partial charge in [-0.25, -0.2) is 4.79 Å². The minimum atomic E-state index is -1.27. The molecule has 0 heterocycles. The summed E-state index contributed by atoms with van der Waals surface area (Å²) < 4.78 is 5.31. The monoisotopic (exact) mass is 380 g/mol. The quantitative estimate of drug-likeness (QED) is 0.658. The van der Waals surface area contributed by atoms with Gasteiger partial charge in [-0.15, -0.1) is 0 Å². The lowest BCUT2D eigenvalue weighted by Gasteiger charge is -2.23. The largest absolute Gasteiger partial charge is 0.481 e. The standard InChI is InChI=1S/C19H32N2O4Si/c1-19(2,17(22)23)13-14-8-9-15(21(3)4)12-16(14)20-18(24)25-10-11-26(5,6)7/h8-9,12H,10-11,13H2,1-7H3,(H,20,24)(H,22,23). The first-order valence-corrected chi connectivity index (χ1v) is 12.5. The van der Waals surface area contributed by atoms with Crippen molar-refractivity contribution in [1.82, 2.24) is 0 Å². The summed E-state index contributed by atoms with van der Waals surface area (Å²) in [4.78, 5) is 25.6. The maximum atomic E-state index is 12.2. The molecule has 0 unspecified atom stereocenters.